The second-order valence-electron chi connectivity index (χ2n) is 4.47. The molecule has 0 aliphatic heterocycles. The van der Waals surface area contributed by atoms with Crippen LogP contribution < -0.4 is 5.32 Å². The zero-order valence-corrected chi connectivity index (χ0v) is 9.48. The Morgan fingerprint density at radius 3 is 2.31 bits per heavy atom. The van der Waals surface area contributed by atoms with Gasteiger partial charge in [-0.2, -0.15) is 0 Å². The number of carbonyl (C=O) groups is 1. The average molecular weight is 186 g/mol. The summed E-state index contributed by atoms with van der Waals surface area (Å²) in [6, 6.07) is 0. The van der Waals surface area contributed by atoms with Gasteiger partial charge in [0.05, 0.1) is 0 Å². The lowest BCUT2D eigenvalue weighted by molar-refractivity contribution is -0.127. The molecule has 0 aromatic carbocycles. The zero-order chi connectivity index (χ0) is 10.5. The lowest BCUT2D eigenvalue weighted by Crippen LogP contribution is -2.37. The van der Waals surface area contributed by atoms with Crippen LogP contribution in [0, 0.1) is 0 Å². The van der Waals surface area contributed by atoms with Gasteiger partial charge in [0, 0.05) is 26.1 Å². The van der Waals surface area contributed by atoms with Gasteiger partial charge in [-0.25, -0.2) is 0 Å². The van der Waals surface area contributed by atoms with Gasteiger partial charge in [0.25, 0.3) is 0 Å². The van der Waals surface area contributed by atoms with Crippen LogP contribution in [-0.4, -0.2) is 36.5 Å². The normalized spacial score (nSPS) is 11.5. The van der Waals surface area contributed by atoms with Crippen LogP contribution in [0.15, 0.2) is 0 Å². The molecule has 0 heterocycles. The van der Waals surface area contributed by atoms with Crippen LogP contribution >= 0.6 is 0 Å². The van der Waals surface area contributed by atoms with Gasteiger partial charge in [-0.3, -0.25) is 4.79 Å². The predicted octanol–water partition coefficient (Wildman–Crippen LogP) is 1.24. The van der Waals surface area contributed by atoms with Crippen molar-refractivity contribution in [3.05, 3.63) is 0 Å². The average Bonchev–Trinajstić information content (AvgIpc) is 1.95. The number of nitrogens with one attached hydrogen (secondary N) is 1. The third-order valence-electron chi connectivity index (χ3n) is 1.86. The lowest BCUT2D eigenvalue weighted by Gasteiger charge is -2.21. The van der Waals surface area contributed by atoms with Crippen LogP contribution in [0.4, 0.5) is 0 Å². The third-order valence-corrected chi connectivity index (χ3v) is 1.86. The SMILES string of the molecule is CC(=O)N(C)CCCNC(C)(C)C. The van der Waals surface area contributed by atoms with Crippen LogP contribution in [0.25, 0.3) is 0 Å². The molecule has 78 valence electrons. The summed E-state index contributed by atoms with van der Waals surface area (Å²) in [4.78, 5) is 12.6. The van der Waals surface area contributed by atoms with Crippen molar-refractivity contribution in [1.82, 2.24) is 10.2 Å². The molecule has 0 bridgehead atoms. The maximum absolute atomic E-state index is 10.8. The predicted molar refractivity (Wildman–Crippen MR) is 55.7 cm³/mol. The van der Waals surface area contributed by atoms with Gasteiger partial charge in [-0.05, 0) is 33.7 Å². The van der Waals surface area contributed by atoms with Crippen molar-refractivity contribution in [3.63, 3.8) is 0 Å². The van der Waals surface area contributed by atoms with Crippen LogP contribution in [0.2, 0.25) is 0 Å². The van der Waals surface area contributed by atoms with Crippen LogP contribution in [-0.2, 0) is 4.79 Å². The highest BCUT2D eigenvalue weighted by molar-refractivity contribution is 5.72. The van der Waals surface area contributed by atoms with E-state index < -0.39 is 0 Å². The van der Waals surface area contributed by atoms with E-state index in [2.05, 4.69) is 26.1 Å². The highest BCUT2D eigenvalue weighted by Gasteiger charge is 2.07. The third kappa shape index (κ3) is 7.78. The molecule has 0 aliphatic carbocycles. The fourth-order valence-electron chi connectivity index (χ4n) is 0.937. The molecule has 0 aromatic rings. The molecule has 0 aliphatic rings. The molecule has 0 saturated carbocycles. The molecule has 0 rings (SSSR count). The minimum Gasteiger partial charge on any atom is -0.346 e. The number of hydrogen-bond donors (Lipinski definition) is 1. The Morgan fingerprint density at radius 2 is 1.92 bits per heavy atom. The van der Waals surface area contributed by atoms with E-state index in [0.29, 0.717) is 0 Å². The number of nitrogens with zero attached hydrogens (tertiary/aromatic N) is 1. The van der Waals surface area contributed by atoms with Gasteiger partial charge < -0.3 is 10.2 Å². The van der Waals surface area contributed by atoms with Crippen molar-refractivity contribution < 1.29 is 4.79 Å². The highest BCUT2D eigenvalue weighted by Crippen LogP contribution is 1.98. The van der Waals surface area contributed by atoms with Gasteiger partial charge in [0.1, 0.15) is 0 Å². The lowest BCUT2D eigenvalue weighted by atomic mass is 10.1. The van der Waals surface area contributed by atoms with Gasteiger partial charge in [0.2, 0.25) is 5.91 Å². The second kappa shape index (κ2) is 5.22. The number of hydrogen-bond acceptors (Lipinski definition) is 2. The summed E-state index contributed by atoms with van der Waals surface area (Å²) in [5, 5.41) is 3.38. The number of amides is 1. The summed E-state index contributed by atoms with van der Waals surface area (Å²) in [6.07, 6.45) is 1.01. The van der Waals surface area contributed by atoms with Crippen LogP contribution in [0.3, 0.4) is 0 Å². The van der Waals surface area contributed by atoms with Crippen molar-refractivity contribution in [3.8, 4) is 0 Å². The van der Waals surface area contributed by atoms with E-state index in [0.717, 1.165) is 19.5 Å². The van der Waals surface area contributed by atoms with Gasteiger partial charge in [0.15, 0.2) is 0 Å². The maximum atomic E-state index is 10.8. The first kappa shape index (κ1) is 12.4. The fraction of sp³-hybridized carbons (Fsp3) is 0.900. The zero-order valence-electron chi connectivity index (χ0n) is 9.48. The molecule has 1 N–H and O–H groups in total. The van der Waals surface area contributed by atoms with E-state index in [1.54, 1.807) is 11.8 Å². The van der Waals surface area contributed by atoms with Crippen LogP contribution in [0.5, 0.6) is 0 Å². The van der Waals surface area contributed by atoms with E-state index in [1.165, 1.54) is 0 Å². The molecule has 0 atom stereocenters. The molecular formula is C10H22N2O. The van der Waals surface area contributed by atoms with Crippen molar-refractivity contribution in [1.29, 1.82) is 0 Å². The minimum absolute atomic E-state index is 0.135. The number of carbonyl (C=O) groups excluding carboxylic acids is 1. The second-order valence-corrected chi connectivity index (χ2v) is 4.47. The maximum Gasteiger partial charge on any atom is 0.219 e. The summed E-state index contributed by atoms with van der Waals surface area (Å²) in [6.45, 7) is 9.81. The largest absolute Gasteiger partial charge is 0.346 e. The van der Waals surface area contributed by atoms with E-state index in [-0.39, 0.29) is 11.4 Å². The number of rotatable bonds is 4. The smallest absolute Gasteiger partial charge is 0.219 e. The van der Waals surface area contributed by atoms with Crippen molar-refractivity contribution >= 4 is 5.91 Å². The van der Waals surface area contributed by atoms with Gasteiger partial charge in [-0.1, -0.05) is 0 Å². The Morgan fingerprint density at radius 1 is 1.38 bits per heavy atom. The van der Waals surface area contributed by atoms with Crippen molar-refractivity contribution in [2.24, 2.45) is 0 Å². The Labute approximate surface area is 81.5 Å². The first-order chi connectivity index (χ1) is 5.83. The molecule has 0 radical (unpaired) electrons. The van der Waals surface area contributed by atoms with Gasteiger partial charge in [-0.15, -0.1) is 0 Å². The van der Waals surface area contributed by atoms with E-state index in [9.17, 15) is 4.79 Å². The summed E-state index contributed by atoms with van der Waals surface area (Å²) >= 11 is 0. The Bertz CT molecular complexity index is 161. The standard InChI is InChI=1S/C10H22N2O/c1-9(13)12(5)8-6-7-11-10(2,3)4/h11H,6-8H2,1-5H3. The quantitative estimate of drug-likeness (QED) is 0.670. The van der Waals surface area contributed by atoms with E-state index in [1.807, 2.05) is 7.05 Å². The molecule has 13 heavy (non-hydrogen) atoms. The molecule has 0 spiro atoms. The Kier molecular flexibility index (Phi) is 4.99. The molecule has 3 heteroatoms. The van der Waals surface area contributed by atoms with Crippen molar-refractivity contribution in [2.75, 3.05) is 20.1 Å². The molecule has 0 aromatic heterocycles. The summed E-state index contributed by atoms with van der Waals surface area (Å²) in [5.41, 5.74) is 0.175. The Hall–Kier alpha value is -0.570. The Balaban J connectivity index is 3.41. The summed E-state index contributed by atoms with van der Waals surface area (Å²) < 4.78 is 0. The first-order valence-electron chi connectivity index (χ1n) is 4.79. The van der Waals surface area contributed by atoms with Crippen LogP contribution in [0.1, 0.15) is 34.1 Å². The summed E-state index contributed by atoms with van der Waals surface area (Å²) in [7, 11) is 1.83. The molecule has 0 fully saturated rings. The molecular weight excluding hydrogens is 164 g/mol. The highest BCUT2D eigenvalue weighted by atomic mass is 16.2. The van der Waals surface area contributed by atoms with Crippen molar-refractivity contribution in [2.45, 2.75) is 39.7 Å². The first-order valence-corrected chi connectivity index (χ1v) is 4.79. The summed E-state index contributed by atoms with van der Waals surface area (Å²) in [5.74, 6) is 0.135. The van der Waals surface area contributed by atoms with E-state index in [4.69, 9.17) is 0 Å². The monoisotopic (exact) mass is 186 g/mol. The van der Waals surface area contributed by atoms with Gasteiger partial charge >= 0.3 is 0 Å². The molecule has 1 amide bonds. The molecule has 3 nitrogen and oxygen atoms in total. The van der Waals surface area contributed by atoms with E-state index >= 15 is 0 Å². The molecule has 0 saturated heterocycles. The minimum atomic E-state index is 0.135. The topological polar surface area (TPSA) is 32.3 Å². The molecule has 0 unspecified atom stereocenters. The fourth-order valence-corrected chi connectivity index (χ4v) is 0.937.